The molecular formula is C14H19N3O6S. The molecular weight excluding hydrogens is 338 g/mol. The van der Waals surface area contributed by atoms with E-state index in [9.17, 15) is 22.8 Å². The number of ether oxygens (including phenoxy) is 1. The molecule has 0 aliphatic heterocycles. The molecule has 0 unspecified atom stereocenters. The minimum absolute atomic E-state index is 0.244. The third-order valence-electron chi connectivity index (χ3n) is 2.98. The zero-order valence-corrected chi connectivity index (χ0v) is 14.3. The Labute approximate surface area is 140 Å². The summed E-state index contributed by atoms with van der Waals surface area (Å²) in [6.45, 7) is -0.564. The lowest BCUT2D eigenvalue weighted by Gasteiger charge is -2.13. The van der Waals surface area contributed by atoms with E-state index in [-0.39, 0.29) is 13.1 Å². The Kier molecular flexibility index (Phi) is 6.86. The molecule has 1 aromatic carbocycles. The molecule has 0 saturated carbocycles. The minimum Gasteiger partial charge on any atom is -0.468 e. The molecule has 1 aromatic rings. The van der Waals surface area contributed by atoms with Crippen molar-refractivity contribution in [2.45, 2.75) is 0 Å². The predicted octanol–water partition coefficient (Wildman–Crippen LogP) is -0.581. The summed E-state index contributed by atoms with van der Waals surface area (Å²) in [7, 11) is -0.931. The number of likely N-dealkylation sites (N-methyl/N-ethyl adjacent to an activating group) is 1. The molecule has 0 fully saturated rings. The maximum Gasteiger partial charge on any atom is 0.325 e. The fourth-order valence-corrected chi connectivity index (χ4v) is 1.90. The average Bonchev–Trinajstić information content (AvgIpc) is 2.51. The number of amides is 2. The van der Waals surface area contributed by atoms with Gasteiger partial charge >= 0.3 is 5.97 Å². The molecule has 0 aliphatic rings. The SMILES string of the molecule is COC(=O)CNC(=O)c1ccc(NC(=O)CN(C)S(C)(=O)=O)cc1. The number of anilines is 1. The van der Waals surface area contributed by atoms with Crippen molar-refractivity contribution in [1.29, 1.82) is 0 Å². The monoisotopic (exact) mass is 357 g/mol. The second-order valence-corrected chi connectivity index (χ2v) is 6.99. The van der Waals surface area contributed by atoms with Crippen molar-refractivity contribution in [2.24, 2.45) is 0 Å². The summed E-state index contributed by atoms with van der Waals surface area (Å²) in [6, 6.07) is 5.90. The van der Waals surface area contributed by atoms with Gasteiger partial charge in [0.1, 0.15) is 6.54 Å². The van der Waals surface area contributed by atoms with Crippen molar-refractivity contribution in [1.82, 2.24) is 9.62 Å². The number of esters is 1. The number of carbonyl (C=O) groups excluding carboxylic acids is 3. The summed E-state index contributed by atoms with van der Waals surface area (Å²) in [6.07, 6.45) is 1.00. The van der Waals surface area contributed by atoms with Crippen LogP contribution in [0.15, 0.2) is 24.3 Å². The van der Waals surface area contributed by atoms with E-state index in [1.165, 1.54) is 38.4 Å². The summed E-state index contributed by atoms with van der Waals surface area (Å²) >= 11 is 0. The summed E-state index contributed by atoms with van der Waals surface area (Å²) in [5.41, 5.74) is 0.705. The van der Waals surface area contributed by atoms with Gasteiger partial charge in [-0.25, -0.2) is 8.42 Å². The highest BCUT2D eigenvalue weighted by molar-refractivity contribution is 7.88. The molecule has 2 N–H and O–H groups in total. The van der Waals surface area contributed by atoms with Crippen LogP contribution < -0.4 is 10.6 Å². The molecule has 0 radical (unpaired) electrons. The van der Waals surface area contributed by atoms with Crippen molar-refractivity contribution >= 4 is 33.5 Å². The second kappa shape index (κ2) is 8.41. The Morgan fingerprint density at radius 1 is 1.17 bits per heavy atom. The molecule has 132 valence electrons. The zero-order chi connectivity index (χ0) is 18.3. The van der Waals surface area contributed by atoms with Crippen LogP contribution in [0, 0.1) is 0 Å². The van der Waals surface area contributed by atoms with Crippen molar-refractivity contribution in [3.05, 3.63) is 29.8 Å². The lowest BCUT2D eigenvalue weighted by atomic mass is 10.2. The van der Waals surface area contributed by atoms with E-state index >= 15 is 0 Å². The number of carbonyl (C=O) groups is 3. The molecule has 0 bridgehead atoms. The van der Waals surface area contributed by atoms with Gasteiger partial charge in [0, 0.05) is 18.3 Å². The van der Waals surface area contributed by atoms with Crippen molar-refractivity contribution in [3.63, 3.8) is 0 Å². The van der Waals surface area contributed by atoms with Crippen LogP contribution >= 0.6 is 0 Å². The van der Waals surface area contributed by atoms with E-state index in [4.69, 9.17) is 0 Å². The molecule has 0 aromatic heterocycles. The number of nitrogens with one attached hydrogen (secondary N) is 2. The van der Waals surface area contributed by atoms with Gasteiger partial charge in [0.2, 0.25) is 15.9 Å². The maximum absolute atomic E-state index is 11.8. The van der Waals surface area contributed by atoms with Gasteiger partial charge in [-0.1, -0.05) is 0 Å². The molecule has 2 amide bonds. The number of methoxy groups -OCH3 is 1. The molecule has 0 aliphatic carbocycles. The molecule has 0 heterocycles. The third-order valence-corrected chi connectivity index (χ3v) is 4.25. The van der Waals surface area contributed by atoms with Crippen molar-refractivity contribution < 1.29 is 27.5 Å². The van der Waals surface area contributed by atoms with Gasteiger partial charge in [-0.15, -0.1) is 0 Å². The lowest BCUT2D eigenvalue weighted by Crippen LogP contribution is -2.34. The highest BCUT2D eigenvalue weighted by Crippen LogP contribution is 2.10. The number of sulfonamides is 1. The molecule has 0 saturated heterocycles. The first-order valence-electron chi connectivity index (χ1n) is 6.79. The summed E-state index contributed by atoms with van der Waals surface area (Å²) in [5.74, 6) is -1.54. The molecule has 10 heteroatoms. The summed E-state index contributed by atoms with van der Waals surface area (Å²) in [5, 5.41) is 4.90. The van der Waals surface area contributed by atoms with Gasteiger partial charge in [0.25, 0.3) is 5.91 Å². The molecule has 24 heavy (non-hydrogen) atoms. The third kappa shape index (κ3) is 6.34. The first kappa shape index (κ1) is 19.6. The van der Waals surface area contributed by atoms with Crippen LogP contribution in [0.2, 0.25) is 0 Å². The smallest absolute Gasteiger partial charge is 0.325 e. The quantitative estimate of drug-likeness (QED) is 0.630. The molecule has 1 rings (SSSR count). The fourth-order valence-electron chi connectivity index (χ4n) is 1.55. The van der Waals surface area contributed by atoms with Gasteiger partial charge in [0.15, 0.2) is 0 Å². The van der Waals surface area contributed by atoms with Crippen LogP contribution in [0.25, 0.3) is 0 Å². The van der Waals surface area contributed by atoms with E-state index in [2.05, 4.69) is 15.4 Å². The maximum atomic E-state index is 11.8. The number of nitrogens with zero attached hydrogens (tertiary/aromatic N) is 1. The number of benzene rings is 1. The largest absolute Gasteiger partial charge is 0.468 e. The van der Waals surface area contributed by atoms with E-state index < -0.39 is 27.8 Å². The van der Waals surface area contributed by atoms with Crippen LogP contribution in [-0.4, -0.2) is 64.0 Å². The average molecular weight is 357 g/mol. The Hall–Kier alpha value is -2.46. The van der Waals surface area contributed by atoms with E-state index in [1.807, 2.05) is 0 Å². The zero-order valence-electron chi connectivity index (χ0n) is 13.5. The standard InChI is InChI=1S/C14H19N3O6S/c1-17(24(3,21)22)9-12(18)16-11-6-4-10(5-7-11)14(20)15-8-13(19)23-2/h4-7H,8-9H2,1-3H3,(H,15,20)(H,16,18). The number of hydrogen-bond acceptors (Lipinski definition) is 6. The van der Waals surface area contributed by atoms with Crippen molar-refractivity contribution in [2.75, 3.05) is 38.8 Å². The predicted molar refractivity (Wildman–Crippen MR) is 86.9 cm³/mol. The van der Waals surface area contributed by atoms with E-state index in [0.717, 1.165) is 10.6 Å². The highest BCUT2D eigenvalue weighted by atomic mass is 32.2. The van der Waals surface area contributed by atoms with Crippen LogP contribution in [0.3, 0.4) is 0 Å². The van der Waals surface area contributed by atoms with Crippen molar-refractivity contribution in [3.8, 4) is 0 Å². The Morgan fingerprint density at radius 2 is 1.75 bits per heavy atom. The molecule has 9 nitrogen and oxygen atoms in total. The number of hydrogen-bond donors (Lipinski definition) is 2. The molecule has 0 spiro atoms. The van der Waals surface area contributed by atoms with E-state index in [1.54, 1.807) is 0 Å². The van der Waals surface area contributed by atoms with Crippen LogP contribution in [0.5, 0.6) is 0 Å². The number of rotatable bonds is 7. The Morgan fingerprint density at radius 3 is 2.25 bits per heavy atom. The van der Waals surface area contributed by atoms with Gasteiger partial charge < -0.3 is 15.4 Å². The van der Waals surface area contributed by atoms with Gasteiger partial charge in [-0.2, -0.15) is 4.31 Å². The van der Waals surface area contributed by atoms with Gasteiger partial charge in [-0.05, 0) is 24.3 Å². The minimum atomic E-state index is -3.44. The van der Waals surface area contributed by atoms with Gasteiger partial charge in [-0.3, -0.25) is 14.4 Å². The normalized spacial score (nSPS) is 11.0. The first-order chi connectivity index (χ1) is 11.1. The van der Waals surface area contributed by atoms with Crippen LogP contribution in [-0.2, 0) is 24.3 Å². The van der Waals surface area contributed by atoms with Crippen LogP contribution in [0.4, 0.5) is 5.69 Å². The summed E-state index contributed by atoms with van der Waals surface area (Å²) in [4.78, 5) is 34.5. The summed E-state index contributed by atoms with van der Waals surface area (Å²) < 4.78 is 27.8. The van der Waals surface area contributed by atoms with Crippen LogP contribution in [0.1, 0.15) is 10.4 Å². The van der Waals surface area contributed by atoms with Gasteiger partial charge in [0.05, 0.1) is 19.9 Å². The Bertz CT molecular complexity index is 715. The highest BCUT2D eigenvalue weighted by Gasteiger charge is 2.15. The topological polar surface area (TPSA) is 122 Å². The van der Waals surface area contributed by atoms with E-state index in [0.29, 0.717) is 11.3 Å². The lowest BCUT2D eigenvalue weighted by molar-refractivity contribution is -0.139. The Balaban J connectivity index is 2.60. The fraction of sp³-hybridized carbons (Fsp3) is 0.357. The molecule has 0 atom stereocenters. The first-order valence-corrected chi connectivity index (χ1v) is 8.64. The second-order valence-electron chi connectivity index (χ2n) is 4.90.